The van der Waals surface area contributed by atoms with Crippen molar-refractivity contribution in [2.45, 2.75) is 76.5 Å². The number of aromatic nitrogens is 2. The number of nitrogens with zero attached hydrogens (tertiary/aromatic N) is 2. The van der Waals surface area contributed by atoms with Gasteiger partial charge in [-0.15, -0.1) is 0 Å². The third-order valence-electron chi connectivity index (χ3n) is 6.27. The zero-order valence-electron chi connectivity index (χ0n) is 17.4. The summed E-state index contributed by atoms with van der Waals surface area (Å²) >= 11 is 0. The summed E-state index contributed by atoms with van der Waals surface area (Å²) in [5, 5.41) is 0. The van der Waals surface area contributed by atoms with E-state index in [9.17, 15) is 4.79 Å². The molecular weight excluding hydrogens is 392 g/mol. The third kappa shape index (κ3) is 4.13. The van der Waals surface area contributed by atoms with Crippen molar-refractivity contribution < 1.29 is 28.4 Å². The van der Waals surface area contributed by atoms with E-state index in [0.29, 0.717) is 25.4 Å². The first-order valence-electron chi connectivity index (χ1n) is 11.1. The van der Waals surface area contributed by atoms with Crippen molar-refractivity contribution in [2.24, 2.45) is 5.92 Å². The Morgan fingerprint density at radius 3 is 2.63 bits per heavy atom. The van der Waals surface area contributed by atoms with Gasteiger partial charge in [0.2, 0.25) is 0 Å². The van der Waals surface area contributed by atoms with E-state index in [1.165, 1.54) is 0 Å². The summed E-state index contributed by atoms with van der Waals surface area (Å²) < 4.78 is 38.0. The van der Waals surface area contributed by atoms with Crippen molar-refractivity contribution in [1.82, 2.24) is 9.55 Å². The maximum atomic E-state index is 11.9. The summed E-state index contributed by atoms with van der Waals surface area (Å²) in [6, 6.07) is 0.289. The van der Waals surface area contributed by atoms with Crippen LogP contribution in [0.5, 0.6) is 6.01 Å². The first-order valence-corrected chi connectivity index (χ1v) is 11.1. The lowest BCUT2D eigenvalue weighted by atomic mass is 9.99. The largest absolute Gasteiger partial charge is 0.464 e. The average Bonchev–Trinajstić information content (AvgIpc) is 3.12. The van der Waals surface area contributed by atoms with Crippen molar-refractivity contribution >= 4 is 0 Å². The SMILES string of the molecule is Cc1cn2c(nc1=O)OCC1C(OC3CCCCO3)[C@@H](COC3CCCCO3)O[C@H]12. The molecule has 6 atom stereocenters. The number of hydrogen-bond acceptors (Lipinski definition) is 8. The summed E-state index contributed by atoms with van der Waals surface area (Å²) in [6.45, 7) is 3.93. The molecule has 0 amide bonds. The molecule has 0 radical (unpaired) electrons. The molecule has 9 heteroatoms. The highest BCUT2D eigenvalue weighted by atomic mass is 16.7. The lowest BCUT2D eigenvalue weighted by Crippen LogP contribution is -2.42. The summed E-state index contributed by atoms with van der Waals surface area (Å²) in [4.78, 5) is 16.0. The monoisotopic (exact) mass is 422 g/mol. The zero-order chi connectivity index (χ0) is 20.5. The van der Waals surface area contributed by atoms with Gasteiger partial charge in [-0.3, -0.25) is 9.36 Å². The second kappa shape index (κ2) is 8.92. The van der Waals surface area contributed by atoms with E-state index in [1.54, 1.807) is 17.7 Å². The first-order chi connectivity index (χ1) is 14.7. The predicted molar refractivity (Wildman–Crippen MR) is 104 cm³/mol. The molecule has 0 bridgehead atoms. The van der Waals surface area contributed by atoms with Crippen molar-refractivity contribution in [3.63, 3.8) is 0 Å². The van der Waals surface area contributed by atoms with E-state index in [4.69, 9.17) is 28.4 Å². The van der Waals surface area contributed by atoms with Gasteiger partial charge in [0, 0.05) is 25.0 Å². The molecule has 3 saturated heterocycles. The van der Waals surface area contributed by atoms with Crippen LogP contribution < -0.4 is 10.3 Å². The number of rotatable bonds is 5. The van der Waals surface area contributed by atoms with Gasteiger partial charge >= 0.3 is 6.01 Å². The van der Waals surface area contributed by atoms with Gasteiger partial charge in [-0.2, -0.15) is 4.98 Å². The smallest absolute Gasteiger partial charge is 0.301 e. The summed E-state index contributed by atoms with van der Waals surface area (Å²) in [5.74, 6) is -0.0485. The topological polar surface area (TPSA) is 90.3 Å². The molecule has 5 heterocycles. The fraction of sp³-hybridized carbons (Fsp3) is 0.810. The van der Waals surface area contributed by atoms with E-state index >= 15 is 0 Å². The Labute approximate surface area is 175 Å². The van der Waals surface area contributed by atoms with Crippen LogP contribution in [0, 0.1) is 12.8 Å². The predicted octanol–water partition coefficient (Wildman–Crippen LogP) is 1.91. The van der Waals surface area contributed by atoms with Crippen LogP contribution in [-0.2, 0) is 23.7 Å². The molecule has 4 aliphatic rings. The fourth-order valence-corrected chi connectivity index (χ4v) is 4.62. The average molecular weight is 422 g/mol. The van der Waals surface area contributed by atoms with Crippen LogP contribution in [0.15, 0.2) is 11.0 Å². The Hall–Kier alpha value is -1.52. The van der Waals surface area contributed by atoms with Crippen LogP contribution in [0.25, 0.3) is 0 Å². The van der Waals surface area contributed by atoms with Gasteiger partial charge in [-0.1, -0.05) is 0 Å². The molecule has 3 fully saturated rings. The Morgan fingerprint density at radius 2 is 1.90 bits per heavy atom. The molecule has 1 aromatic heterocycles. The molecule has 166 valence electrons. The van der Waals surface area contributed by atoms with Crippen molar-refractivity contribution in [3.8, 4) is 6.01 Å². The van der Waals surface area contributed by atoms with Crippen molar-refractivity contribution in [3.05, 3.63) is 22.1 Å². The minimum Gasteiger partial charge on any atom is -0.464 e. The van der Waals surface area contributed by atoms with Gasteiger partial charge in [0.25, 0.3) is 5.56 Å². The van der Waals surface area contributed by atoms with Crippen LogP contribution >= 0.6 is 0 Å². The molecule has 4 unspecified atom stereocenters. The third-order valence-corrected chi connectivity index (χ3v) is 6.27. The molecule has 0 aromatic carbocycles. The Bertz CT molecular complexity index is 788. The first kappa shape index (κ1) is 20.4. The second-order valence-corrected chi connectivity index (χ2v) is 8.49. The Kier molecular flexibility index (Phi) is 6.06. The maximum Gasteiger partial charge on any atom is 0.301 e. The summed E-state index contributed by atoms with van der Waals surface area (Å²) in [5.41, 5.74) is 0.269. The van der Waals surface area contributed by atoms with Gasteiger partial charge in [0.1, 0.15) is 18.9 Å². The molecule has 30 heavy (non-hydrogen) atoms. The van der Waals surface area contributed by atoms with E-state index in [1.807, 2.05) is 0 Å². The molecule has 0 N–H and O–H groups in total. The Balaban J connectivity index is 1.35. The van der Waals surface area contributed by atoms with Gasteiger partial charge in [0.05, 0.1) is 18.6 Å². The highest BCUT2D eigenvalue weighted by Gasteiger charge is 2.50. The normalized spacial score (nSPS) is 36.0. The van der Waals surface area contributed by atoms with Crippen LogP contribution in [0.2, 0.25) is 0 Å². The standard InChI is InChI=1S/C21H30N2O7/c1-13-10-23-20-14(11-28-21(23)22-19(13)24)18(30-17-7-3-5-9-26-17)15(29-20)12-27-16-6-2-4-8-25-16/h10,14-18,20H,2-9,11-12H2,1H3/t14?,15-,16?,17?,18?,20-/m1/s1. The number of fused-ring (bicyclic) bond motifs is 3. The lowest BCUT2D eigenvalue weighted by Gasteiger charge is -2.33. The zero-order valence-corrected chi connectivity index (χ0v) is 17.4. The molecule has 5 rings (SSSR count). The maximum absolute atomic E-state index is 11.9. The van der Waals surface area contributed by atoms with Crippen LogP contribution in [0.1, 0.15) is 50.3 Å². The lowest BCUT2D eigenvalue weighted by molar-refractivity contribution is -0.220. The van der Waals surface area contributed by atoms with Crippen LogP contribution in [0.3, 0.4) is 0 Å². The molecular formula is C21H30N2O7. The second-order valence-electron chi connectivity index (χ2n) is 8.49. The van der Waals surface area contributed by atoms with E-state index < -0.39 is 0 Å². The molecule has 4 aliphatic heterocycles. The number of aryl methyl sites for hydroxylation is 1. The fourth-order valence-electron chi connectivity index (χ4n) is 4.62. The van der Waals surface area contributed by atoms with Gasteiger partial charge < -0.3 is 28.4 Å². The molecule has 0 spiro atoms. The number of ether oxygens (including phenoxy) is 6. The van der Waals surface area contributed by atoms with Gasteiger partial charge in [-0.25, -0.2) is 0 Å². The minimum absolute atomic E-state index is 0.0485. The quantitative estimate of drug-likeness (QED) is 0.711. The Morgan fingerprint density at radius 1 is 1.13 bits per heavy atom. The molecule has 1 aromatic rings. The summed E-state index contributed by atoms with van der Waals surface area (Å²) in [6.07, 6.45) is 6.57. The highest BCUT2D eigenvalue weighted by Crippen LogP contribution is 2.42. The van der Waals surface area contributed by atoms with E-state index in [2.05, 4.69) is 4.98 Å². The minimum atomic E-state index is -0.324. The molecule has 0 aliphatic carbocycles. The van der Waals surface area contributed by atoms with E-state index in [-0.39, 0.29) is 48.5 Å². The highest BCUT2D eigenvalue weighted by molar-refractivity contribution is 5.13. The van der Waals surface area contributed by atoms with Crippen LogP contribution in [0.4, 0.5) is 0 Å². The number of hydrogen-bond donors (Lipinski definition) is 0. The van der Waals surface area contributed by atoms with E-state index in [0.717, 1.165) is 45.1 Å². The van der Waals surface area contributed by atoms with Gasteiger partial charge in [-0.05, 0) is 45.4 Å². The molecule has 9 nitrogen and oxygen atoms in total. The van der Waals surface area contributed by atoms with Crippen molar-refractivity contribution in [1.29, 1.82) is 0 Å². The summed E-state index contributed by atoms with van der Waals surface area (Å²) in [7, 11) is 0. The van der Waals surface area contributed by atoms with Crippen LogP contribution in [-0.4, -0.2) is 60.8 Å². The van der Waals surface area contributed by atoms with Crippen molar-refractivity contribution in [2.75, 3.05) is 26.4 Å². The molecule has 0 saturated carbocycles. The van der Waals surface area contributed by atoms with Gasteiger partial charge in [0.15, 0.2) is 12.6 Å².